The zero-order chi connectivity index (χ0) is 30.9. The molecule has 1 aromatic heterocycles. The molecule has 0 spiro atoms. The summed E-state index contributed by atoms with van der Waals surface area (Å²) in [7, 11) is 3.20. The van der Waals surface area contributed by atoms with E-state index in [0.717, 1.165) is 31.9 Å². The number of aliphatic hydroxyl groups is 2. The lowest BCUT2D eigenvalue weighted by Crippen LogP contribution is -2.15. The fraction of sp³-hybridized carbons (Fsp3) is 0.235. The second-order valence-electron chi connectivity index (χ2n) is 9.93. The Morgan fingerprint density at radius 1 is 0.818 bits per heavy atom. The Bertz CT molecular complexity index is 1700. The van der Waals surface area contributed by atoms with E-state index in [-0.39, 0.29) is 19.3 Å². The van der Waals surface area contributed by atoms with Gasteiger partial charge in [0.1, 0.15) is 5.82 Å². The quantitative estimate of drug-likeness (QED) is 0.0946. The van der Waals surface area contributed by atoms with Gasteiger partial charge in [-0.1, -0.05) is 60.3 Å². The molecular formula is C34H36N4O4S2. The molecule has 0 saturated carbocycles. The minimum atomic E-state index is -0.182. The Balaban J connectivity index is 1.49. The van der Waals surface area contributed by atoms with E-state index in [1.807, 2.05) is 54.8 Å². The van der Waals surface area contributed by atoms with Crippen LogP contribution in [0, 0.1) is 0 Å². The van der Waals surface area contributed by atoms with Gasteiger partial charge < -0.3 is 30.3 Å². The first-order valence-corrected chi connectivity index (χ1v) is 16.2. The summed E-state index contributed by atoms with van der Waals surface area (Å²) in [6.07, 6.45) is 2.55. The molecule has 0 aliphatic heterocycles. The number of thioether (sulfide) groups is 1. The van der Waals surface area contributed by atoms with Crippen molar-refractivity contribution in [2.24, 2.45) is 0 Å². The molecule has 0 fully saturated rings. The lowest BCUT2D eigenvalue weighted by atomic mass is 10.0. The van der Waals surface area contributed by atoms with Gasteiger partial charge in [-0.05, 0) is 59.7 Å². The summed E-state index contributed by atoms with van der Waals surface area (Å²) in [5, 5.41) is 27.5. The Kier molecular flexibility index (Phi) is 10.8. The van der Waals surface area contributed by atoms with Crippen LogP contribution in [0.5, 0.6) is 11.5 Å². The first-order chi connectivity index (χ1) is 21.6. The lowest BCUT2D eigenvalue weighted by Gasteiger charge is -2.21. The summed E-state index contributed by atoms with van der Waals surface area (Å²) in [5.74, 6) is 2.21. The van der Waals surface area contributed by atoms with Crippen molar-refractivity contribution in [2.45, 2.75) is 40.3 Å². The monoisotopic (exact) mass is 628 g/mol. The summed E-state index contributed by atoms with van der Waals surface area (Å²) >= 11 is 3.31. The normalized spacial score (nSPS) is 11.8. The Labute approximate surface area is 266 Å². The minimum absolute atomic E-state index is 0.0150. The van der Waals surface area contributed by atoms with Gasteiger partial charge in [0.25, 0.3) is 0 Å². The van der Waals surface area contributed by atoms with Crippen molar-refractivity contribution in [1.82, 2.24) is 9.97 Å². The summed E-state index contributed by atoms with van der Waals surface area (Å²) in [6, 6.07) is 27.9. The number of rotatable bonds is 14. The van der Waals surface area contributed by atoms with Crippen LogP contribution in [0.3, 0.4) is 0 Å². The van der Waals surface area contributed by atoms with Gasteiger partial charge in [-0.15, -0.1) is 11.8 Å². The van der Waals surface area contributed by atoms with Gasteiger partial charge in [0.2, 0.25) is 5.95 Å². The van der Waals surface area contributed by atoms with E-state index in [4.69, 9.17) is 19.4 Å². The van der Waals surface area contributed by atoms with Crippen LogP contribution in [0.15, 0.2) is 99.6 Å². The summed E-state index contributed by atoms with van der Waals surface area (Å²) in [4.78, 5) is 13.0. The minimum Gasteiger partial charge on any atom is -0.493 e. The number of aromatic nitrogens is 2. The van der Waals surface area contributed by atoms with E-state index in [1.54, 1.807) is 37.7 Å². The predicted molar refractivity (Wildman–Crippen MR) is 179 cm³/mol. The van der Waals surface area contributed by atoms with E-state index in [0.29, 0.717) is 41.7 Å². The third kappa shape index (κ3) is 7.39. The van der Waals surface area contributed by atoms with Crippen LogP contribution in [-0.2, 0) is 13.2 Å². The maximum atomic E-state index is 9.93. The molecule has 228 valence electrons. The number of ether oxygens (including phenoxy) is 2. The van der Waals surface area contributed by atoms with Crippen molar-refractivity contribution in [1.29, 1.82) is 0 Å². The van der Waals surface area contributed by atoms with Gasteiger partial charge >= 0.3 is 0 Å². The average Bonchev–Trinajstić information content (AvgIpc) is 3.07. The molecule has 1 unspecified atom stereocenters. The molecule has 44 heavy (non-hydrogen) atoms. The van der Waals surface area contributed by atoms with E-state index in [9.17, 15) is 10.2 Å². The molecule has 1 heterocycles. The van der Waals surface area contributed by atoms with Crippen molar-refractivity contribution >= 4 is 46.2 Å². The van der Waals surface area contributed by atoms with Gasteiger partial charge in [-0.25, -0.2) is 4.98 Å². The average molecular weight is 629 g/mol. The number of nitrogens with zero attached hydrogens (tertiary/aromatic N) is 2. The fourth-order valence-electron chi connectivity index (χ4n) is 4.87. The molecular weight excluding hydrogens is 593 g/mol. The summed E-state index contributed by atoms with van der Waals surface area (Å²) in [6.45, 7) is 0.484. The molecule has 5 rings (SSSR count). The topological polar surface area (TPSA) is 109 Å². The number of methoxy groups -OCH3 is 2. The number of hydrogen-bond acceptors (Lipinski definition) is 10. The fourth-order valence-corrected chi connectivity index (χ4v) is 6.35. The molecule has 0 bridgehead atoms. The molecule has 10 heteroatoms. The zero-order valence-corrected chi connectivity index (χ0v) is 26.5. The smallest absolute Gasteiger partial charge is 0.225 e. The Morgan fingerprint density at radius 3 is 2.14 bits per heavy atom. The van der Waals surface area contributed by atoms with Crippen LogP contribution in [0.4, 0.5) is 11.8 Å². The first kappa shape index (κ1) is 31.5. The molecule has 4 N–H and O–H groups in total. The van der Waals surface area contributed by atoms with Crippen molar-refractivity contribution in [3.8, 4) is 11.5 Å². The van der Waals surface area contributed by atoms with Crippen LogP contribution in [0.2, 0.25) is 0 Å². The molecule has 5 aromatic rings. The van der Waals surface area contributed by atoms with Gasteiger partial charge in [-0.2, -0.15) is 4.98 Å². The van der Waals surface area contributed by atoms with E-state index >= 15 is 0 Å². The highest BCUT2D eigenvalue weighted by Crippen LogP contribution is 2.37. The van der Waals surface area contributed by atoms with Crippen LogP contribution in [0.1, 0.15) is 29.2 Å². The molecule has 4 aromatic carbocycles. The van der Waals surface area contributed by atoms with Gasteiger partial charge in [0.15, 0.2) is 11.5 Å². The third-order valence-corrected chi connectivity index (χ3v) is 9.20. The molecule has 1 atom stereocenters. The van der Waals surface area contributed by atoms with Gasteiger partial charge in [0.05, 0.1) is 32.4 Å². The van der Waals surface area contributed by atoms with E-state index in [2.05, 4.69) is 47.0 Å². The Hall–Kier alpha value is -3.96. The second-order valence-corrected chi connectivity index (χ2v) is 11.9. The highest BCUT2D eigenvalue weighted by molar-refractivity contribution is 7.99. The van der Waals surface area contributed by atoms with E-state index in [1.165, 1.54) is 4.90 Å². The molecule has 0 aliphatic carbocycles. The van der Waals surface area contributed by atoms with Crippen LogP contribution >= 0.6 is 23.5 Å². The van der Waals surface area contributed by atoms with Crippen LogP contribution < -0.4 is 20.1 Å². The number of hydrogen-bond donors (Lipinski definition) is 4. The molecule has 0 radical (unpaired) electrons. The SMILES string of the molecule is COc1cc2nc(NCc3ccccc3Sc3ccccc3CO)nc(NC(CCO)c3ccc(SC)cc3)c2cc1OC. The van der Waals surface area contributed by atoms with Crippen molar-refractivity contribution in [3.05, 3.63) is 102 Å². The van der Waals surface area contributed by atoms with Gasteiger partial charge in [0, 0.05) is 39.3 Å². The maximum absolute atomic E-state index is 9.93. The molecule has 0 amide bonds. The lowest BCUT2D eigenvalue weighted by molar-refractivity contribution is 0.279. The van der Waals surface area contributed by atoms with Crippen molar-refractivity contribution < 1.29 is 19.7 Å². The standard InChI is InChI=1S/C34H36N4O4S2/c1-41-29-18-26-28(19-30(29)42-2)37-34(38-33(26)36-27(16-17-39)22-12-14-25(43-3)15-13-22)35-20-23-8-4-6-10-31(23)44-32-11-7-5-9-24(32)21-40/h4-15,18-19,27,39-40H,16-17,20-21H2,1-3H3,(H2,35,36,37,38). The van der Waals surface area contributed by atoms with Crippen LogP contribution in [0.25, 0.3) is 10.9 Å². The van der Waals surface area contributed by atoms with Crippen molar-refractivity contribution in [3.63, 3.8) is 0 Å². The third-order valence-electron chi connectivity index (χ3n) is 7.22. The number of aliphatic hydroxyl groups excluding tert-OH is 2. The van der Waals surface area contributed by atoms with Crippen LogP contribution in [-0.4, -0.2) is 47.3 Å². The summed E-state index contributed by atoms with van der Waals surface area (Å²) < 4.78 is 11.2. The molecule has 0 saturated heterocycles. The zero-order valence-electron chi connectivity index (χ0n) is 24.9. The summed E-state index contributed by atoms with van der Waals surface area (Å²) in [5.41, 5.74) is 3.69. The molecule has 8 nitrogen and oxygen atoms in total. The number of nitrogens with one attached hydrogen (secondary N) is 2. The van der Waals surface area contributed by atoms with Gasteiger partial charge in [-0.3, -0.25) is 0 Å². The number of anilines is 2. The van der Waals surface area contributed by atoms with E-state index < -0.39 is 0 Å². The number of fused-ring (bicyclic) bond motifs is 1. The molecule has 0 aliphatic rings. The second kappa shape index (κ2) is 15.2. The Morgan fingerprint density at radius 2 is 1.48 bits per heavy atom. The predicted octanol–water partition coefficient (Wildman–Crippen LogP) is 7.16. The highest BCUT2D eigenvalue weighted by atomic mass is 32.2. The maximum Gasteiger partial charge on any atom is 0.225 e. The number of benzene rings is 4. The first-order valence-electron chi connectivity index (χ1n) is 14.2. The highest BCUT2D eigenvalue weighted by Gasteiger charge is 2.18. The van der Waals surface area contributed by atoms with Crippen molar-refractivity contribution in [2.75, 3.05) is 37.7 Å². The largest absolute Gasteiger partial charge is 0.493 e.